The molecule has 2 aliphatic rings. The van der Waals surface area contributed by atoms with Crippen molar-refractivity contribution < 1.29 is 28.7 Å². The summed E-state index contributed by atoms with van der Waals surface area (Å²) in [7, 11) is 1.47. The summed E-state index contributed by atoms with van der Waals surface area (Å²) in [4.78, 5) is 70.0. The van der Waals surface area contributed by atoms with E-state index in [0.29, 0.717) is 12.1 Å². The van der Waals surface area contributed by atoms with Crippen LogP contribution in [0.1, 0.15) is 35.3 Å². The molecule has 5 rings (SSSR count). The van der Waals surface area contributed by atoms with Crippen LogP contribution in [0.4, 0.5) is 0 Å². The molecule has 248 valence electrons. The highest BCUT2D eigenvalue weighted by molar-refractivity contribution is 5.96. The number of carbonyl (C=O) groups excluding carboxylic acids is 5. The van der Waals surface area contributed by atoms with Crippen LogP contribution in [-0.2, 0) is 36.9 Å². The fourth-order valence-corrected chi connectivity index (χ4v) is 5.59. The predicted molar refractivity (Wildman–Crippen MR) is 167 cm³/mol. The summed E-state index contributed by atoms with van der Waals surface area (Å²) in [5.74, 6) is -2.60. The van der Waals surface area contributed by atoms with E-state index in [1.807, 2.05) is 30.3 Å². The van der Waals surface area contributed by atoms with Gasteiger partial charge in [0.2, 0.25) is 17.7 Å². The van der Waals surface area contributed by atoms with Gasteiger partial charge in [0.15, 0.2) is 6.10 Å². The van der Waals surface area contributed by atoms with Crippen molar-refractivity contribution in [2.24, 2.45) is 5.92 Å². The molecule has 2 aromatic carbocycles. The van der Waals surface area contributed by atoms with Crippen LogP contribution < -0.4 is 16.0 Å². The van der Waals surface area contributed by atoms with Gasteiger partial charge in [0.1, 0.15) is 18.4 Å². The summed E-state index contributed by atoms with van der Waals surface area (Å²) in [6.45, 7) is 3.74. The topological polar surface area (TPSA) is 181 Å². The van der Waals surface area contributed by atoms with Gasteiger partial charge in [-0.15, -0.1) is 5.10 Å². The Hall–Kier alpha value is -5.18. The van der Waals surface area contributed by atoms with Crippen molar-refractivity contribution >= 4 is 29.5 Å². The number of ether oxygens (including phenoxy) is 1. The van der Waals surface area contributed by atoms with Crippen LogP contribution in [0.15, 0.2) is 60.9 Å². The highest BCUT2D eigenvalue weighted by atomic mass is 16.5. The molecule has 5 amide bonds. The Kier molecular flexibility index (Phi) is 10.6. The number of morpholine rings is 1. The van der Waals surface area contributed by atoms with E-state index in [1.54, 1.807) is 42.8 Å². The minimum absolute atomic E-state index is 0.0113. The molecule has 0 saturated carbocycles. The lowest BCUT2D eigenvalue weighted by Gasteiger charge is -2.38. The standard InChI is InChI=1S/C32H39N9O6/c1-20(2)28-30(44)33-14-24-16-40(31(45)23-11-9-22(10-12-23)15-41-19-34-37-38-41)17-26(47-24)29(43)35-25(13-21-7-5-4-6-8-21)32(46)39(3)18-27(42)36-28/h4-12,19-20,24-26,28H,13-18H2,1-3H3,(H,33,44)(H,35,43)(H,36,42)/t24-,25+,26+,28-/m0/s1. The van der Waals surface area contributed by atoms with Crippen molar-refractivity contribution in [3.8, 4) is 0 Å². The van der Waals surface area contributed by atoms with Gasteiger partial charge in [-0.1, -0.05) is 56.3 Å². The number of amides is 5. The molecule has 2 fully saturated rings. The molecule has 4 atom stereocenters. The second-order valence-corrected chi connectivity index (χ2v) is 12.1. The molecule has 1 aromatic heterocycles. The number of hydrogen-bond donors (Lipinski definition) is 3. The summed E-state index contributed by atoms with van der Waals surface area (Å²) >= 11 is 0. The first kappa shape index (κ1) is 33.2. The Morgan fingerprint density at radius 3 is 2.38 bits per heavy atom. The van der Waals surface area contributed by atoms with Gasteiger partial charge in [-0.05, 0) is 39.6 Å². The summed E-state index contributed by atoms with van der Waals surface area (Å²) < 4.78 is 7.70. The predicted octanol–water partition coefficient (Wildman–Crippen LogP) is -0.612. The van der Waals surface area contributed by atoms with Gasteiger partial charge in [0.25, 0.3) is 11.8 Å². The number of carbonyl (C=O) groups is 5. The van der Waals surface area contributed by atoms with E-state index in [0.717, 1.165) is 11.1 Å². The second-order valence-electron chi connectivity index (χ2n) is 12.1. The number of rotatable bonds is 6. The Labute approximate surface area is 272 Å². The number of fused-ring (bicyclic) bond motifs is 2. The molecule has 0 aliphatic carbocycles. The zero-order chi connectivity index (χ0) is 33.5. The lowest BCUT2D eigenvalue weighted by Crippen LogP contribution is -2.59. The van der Waals surface area contributed by atoms with Gasteiger partial charge in [-0.25, -0.2) is 4.68 Å². The summed E-state index contributed by atoms with van der Waals surface area (Å²) in [6, 6.07) is 14.3. The molecule has 0 radical (unpaired) electrons. The average Bonchev–Trinajstić information content (AvgIpc) is 3.58. The number of benzene rings is 2. The minimum Gasteiger partial charge on any atom is -0.360 e. The van der Waals surface area contributed by atoms with E-state index in [1.165, 1.54) is 23.2 Å². The molecule has 0 spiro atoms. The van der Waals surface area contributed by atoms with Gasteiger partial charge in [0, 0.05) is 32.1 Å². The fraction of sp³-hybridized carbons (Fsp3) is 0.438. The zero-order valence-corrected chi connectivity index (χ0v) is 26.5. The van der Waals surface area contributed by atoms with Gasteiger partial charge in [-0.3, -0.25) is 24.0 Å². The van der Waals surface area contributed by atoms with Crippen LogP contribution in [-0.4, -0.2) is 117 Å². The third kappa shape index (κ3) is 8.55. The van der Waals surface area contributed by atoms with Gasteiger partial charge < -0.3 is 30.5 Å². The molecular weight excluding hydrogens is 606 g/mol. The summed E-state index contributed by atoms with van der Waals surface area (Å²) in [5.41, 5.74) is 2.10. The molecule has 2 saturated heterocycles. The second kappa shape index (κ2) is 14.9. The van der Waals surface area contributed by atoms with Crippen molar-refractivity contribution in [1.29, 1.82) is 0 Å². The number of hydrogen-bond acceptors (Lipinski definition) is 9. The van der Waals surface area contributed by atoms with E-state index in [2.05, 4.69) is 31.5 Å². The molecule has 3 heterocycles. The molecular formula is C32H39N9O6. The van der Waals surface area contributed by atoms with Gasteiger partial charge >= 0.3 is 0 Å². The number of aromatic nitrogens is 4. The first-order chi connectivity index (χ1) is 22.6. The van der Waals surface area contributed by atoms with Crippen molar-refractivity contribution in [3.05, 3.63) is 77.6 Å². The molecule has 3 aromatic rings. The first-order valence-corrected chi connectivity index (χ1v) is 15.5. The largest absolute Gasteiger partial charge is 0.360 e. The minimum atomic E-state index is -1.13. The molecule has 2 aliphatic heterocycles. The maximum absolute atomic E-state index is 13.8. The number of nitrogens with one attached hydrogen (secondary N) is 3. The van der Waals surface area contributed by atoms with Crippen molar-refractivity contribution in [3.63, 3.8) is 0 Å². The molecule has 2 bridgehead atoms. The van der Waals surface area contributed by atoms with Crippen LogP contribution >= 0.6 is 0 Å². The number of likely N-dealkylation sites (N-methyl/N-ethyl adjacent to an activating group) is 1. The van der Waals surface area contributed by atoms with E-state index in [9.17, 15) is 24.0 Å². The van der Waals surface area contributed by atoms with Crippen LogP contribution in [0.2, 0.25) is 0 Å². The maximum atomic E-state index is 13.8. The third-order valence-corrected chi connectivity index (χ3v) is 8.11. The molecule has 3 N–H and O–H groups in total. The molecule has 15 heteroatoms. The van der Waals surface area contributed by atoms with Gasteiger partial charge in [-0.2, -0.15) is 0 Å². The normalized spacial score (nSPS) is 23.0. The zero-order valence-electron chi connectivity index (χ0n) is 26.5. The smallest absolute Gasteiger partial charge is 0.254 e. The van der Waals surface area contributed by atoms with E-state index in [-0.39, 0.29) is 44.4 Å². The molecule has 15 nitrogen and oxygen atoms in total. The van der Waals surface area contributed by atoms with Crippen LogP contribution in [0.5, 0.6) is 0 Å². The summed E-state index contributed by atoms with van der Waals surface area (Å²) in [6.07, 6.45) is -0.210. The Morgan fingerprint density at radius 2 is 1.70 bits per heavy atom. The Morgan fingerprint density at radius 1 is 0.957 bits per heavy atom. The fourth-order valence-electron chi connectivity index (χ4n) is 5.59. The highest BCUT2D eigenvalue weighted by Gasteiger charge is 2.38. The first-order valence-electron chi connectivity index (χ1n) is 15.5. The third-order valence-electron chi connectivity index (χ3n) is 8.11. The van der Waals surface area contributed by atoms with E-state index < -0.39 is 47.9 Å². The lowest BCUT2D eigenvalue weighted by atomic mass is 10.0. The average molecular weight is 646 g/mol. The highest BCUT2D eigenvalue weighted by Crippen LogP contribution is 2.18. The lowest BCUT2D eigenvalue weighted by molar-refractivity contribution is -0.148. The van der Waals surface area contributed by atoms with E-state index in [4.69, 9.17) is 4.74 Å². The van der Waals surface area contributed by atoms with Crippen LogP contribution in [0.25, 0.3) is 0 Å². The number of nitrogens with zero attached hydrogens (tertiary/aromatic N) is 6. The van der Waals surface area contributed by atoms with Gasteiger partial charge in [0.05, 0.1) is 25.7 Å². The van der Waals surface area contributed by atoms with E-state index >= 15 is 0 Å². The SMILES string of the molecule is CC(C)[C@@H]1NC(=O)CN(C)C(=O)[C@@H](Cc2ccccc2)NC(=O)[C@H]2CN(C(=O)c3ccc(Cn4cnnn4)cc3)C[C@H](CNC1=O)O2. The van der Waals surface area contributed by atoms with Crippen molar-refractivity contribution in [1.82, 2.24) is 46.0 Å². The monoisotopic (exact) mass is 645 g/mol. The molecule has 47 heavy (non-hydrogen) atoms. The number of tetrazole rings is 1. The Bertz CT molecular complexity index is 1570. The van der Waals surface area contributed by atoms with Crippen LogP contribution in [0.3, 0.4) is 0 Å². The van der Waals surface area contributed by atoms with Crippen LogP contribution in [0, 0.1) is 5.92 Å². The quantitative estimate of drug-likeness (QED) is 0.315. The maximum Gasteiger partial charge on any atom is 0.254 e. The van der Waals surface area contributed by atoms with Crippen molar-refractivity contribution in [2.75, 3.05) is 33.2 Å². The Balaban J connectivity index is 1.40. The van der Waals surface area contributed by atoms with Crippen molar-refractivity contribution in [2.45, 2.75) is 51.1 Å². The molecule has 0 unspecified atom stereocenters. The summed E-state index contributed by atoms with van der Waals surface area (Å²) in [5, 5.41) is 19.5.